The summed E-state index contributed by atoms with van der Waals surface area (Å²) in [6, 6.07) is 4.30. The Morgan fingerprint density at radius 2 is 1.91 bits per heavy atom. The fourth-order valence-electron chi connectivity index (χ4n) is 1.59. The van der Waals surface area contributed by atoms with E-state index in [4.69, 9.17) is 14.2 Å². The molecule has 0 fully saturated rings. The molecule has 0 atom stereocenters. The van der Waals surface area contributed by atoms with Gasteiger partial charge in [0.1, 0.15) is 16.4 Å². The number of hydrogen-bond acceptors (Lipinski definition) is 6. The lowest BCUT2D eigenvalue weighted by Gasteiger charge is -2.12. The molecule has 2 N–H and O–H groups in total. The molecule has 1 amide bonds. The number of rotatable bonds is 9. The molecule has 0 bridgehead atoms. The minimum atomic E-state index is -3.88. The van der Waals surface area contributed by atoms with Crippen LogP contribution in [0.15, 0.2) is 23.1 Å². The molecule has 9 heteroatoms. The van der Waals surface area contributed by atoms with Gasteiger partial charge in [-0.3, -0.25) is 4.79 Å². The van der Waals surface area contributed by atoms with Gasteiger partial charge in [-0.15, -0.1) is 0 Å². The van der Waals surface area contributed by atoms with Gasteiger partial charge >= 0.3 is 0 Å². The van der Waals surface area contributed by atoms with Gasteiger partial charge in [-0.25, -0.2) is 13.1 Å². The molecule has 1 rings (SSSR count). The van der Waals surface area contributed by atoms with Gasteiger partial charge in [0, 0.05) is 19.7 Å². The van der Waals surface area contributed by atoms with Crippen molar-refractivity contribution in [2.45, 2.75) is 4.90 Å². The molecule has 1 aromatic carbocycles. The van der Waals surface area contributed by atoms with Crippen molar-refractivity contribution >= 4 is 15.9 Å². The maximum absolute atomic E-state index is 12.2. The zero-order valence-corrected chi connectivity index (χ0v) is 13.5. The number of ether oxygens (including phenoxy) is 3. The van der Waals surface area contributed by atoms with Crippen LogP contribution in [0.5, 0.6) is 11.5 Å². The molecule has 0 heterocycles. The van der Waals surface area contributed by atoms with Crippen LogP contribution < -0.4 is 19.5 Å². The molecule has 0 unspecified atom stereocenters. The molecule has 1 aromatic rings. The third kappa shape index (κ3) is 5.17. The average molecular weight is 332 g/mol. The minimum Gasteiger partial charge on any atom is -0.497 e. The van der Waals surface area contributed by atoms with Crippen LogP contribution in [0.1, 0.15) is 0 Å². The van der Waals surface area contributed by atoms with E-state index >= 15 is 0 Å². The fraction of sp³-hybridized carbons (Fsp3) is 0.462. The Labute approximate surface area is 129 Å². The molecule has 0 aliphatic carbocycles. The number of methoxy groups -OCH3 is 3. The topological polar surface area (TPSA) is 103 Å². The van der Waals surface area contributed by atoms with E-state index in [0.29, 0.717) is 18.9 Å². The second-order valence-electron chi connectivity index (χ2n) is 4.18. The van der Waals surface area contributed by atoms with Gasteiger partial charge in [0.25, 0.3) is 0 Å². The quantitative estimate of drug-likeness (QED) is 0.604. The highest BCUT2D eigenvalue weighted by Gasteiger charge is 2.20. The summed E-state index contributed by atoms with van der Waals surface area (Å²) in [5.74, 6) is 0.146. The Morgan fingerprint density at radius 3 is 2.50 bits per heavy atom. The third-order valence-corrected chi connectivity index (χ3v) is 4.15. The Kier molecular flexibility index (Phi) is 7.09. The van der Waals surface area contributed by atoms with Gasteiger partial charge in [-0.2, -0.15) is 0 Å². The maximum atomic E-state index is 12.2. The van der Waals surface area contributed by atoms with Gasteiger partial charge in [-0.1, -0.05) is 0 Å². The number of amides is 1. The molecule has 0 saturated carbocycles. The molecular weight excluding hydrogens is 312 g/mol. The zero-order valence-electron chi connectivity index (χ0n) is 12.7. The molecule has 22 heavy (non-hydrogen) atoms. The fourth-order valence-corrected chi connectivity index (χ4v) is 2.72. The molecule has 0 radical (unpaired) electrons. The highest BCUT2D eigenvalue weighted by Crippen LogP contribution is 2.27. The predicted octanol–water partition coefficient (Wildman–Crippen LogP) is -0.255. The lowest BCUT2D eigenvalue weighted by molar-refractivity contribution is -0.120. The molecule has 124 valence electrons. The number of carbonyl (C=O) groups excluding carboxylic acids is 1. The Bertz CT molecular complexity index is 603. The number of sulfonamides is 1. The largest absolute Gasteiger partial charge is 0.497 e. The normalized spacial score (nSPS) is 11.0. The van der Waals surface area contributed by atoms with Crippen molar-refractivity contribution in [3.8, 4) is 11.5 Å². The number of hydrogen-bond donors (Lipinski definition) is 2. The van der Waals surface area contributed by atoms with Gasteiger partial charge in [-0.05, 0) is 12.1 Å². The van der Waals surface area contributed by atoms with E-state index in [1.807, 2.05) is 0 Å². The van der Waals surface area contributed by atoms with Gasteiger partial charge in [0.15, 0.2) is 0 Å². The summed E-state index contributed by atoms with van der Waals surface area (Å²) in [6.45, 7) is 0.287. The monoisotopic (exact) mass is 332 g/mol. The van der Waals surface area contributed by atoms with Gasteiger partial charge < -0.3 is 19.5 Å². The molecular formula is C13H20N2O6S. The van der Waals surface area contributed by atoms with Crippen molar-refractivity contribution in [3.05, 3.63) is 18.2 Å². The van der Waals surface area contributed by atoms with E-state index < -0.39 is 15.9 Å². The van der Waals surface area contributed by atoms with Crippen LogP contribution in [0.4, 0.5) is 0 Å². The Hall–Kier alpha value is -1.84. The van der Waals surface area contributed by atoms with E-state index in [0.717, 1.165) is 0 Å². The minimum absolute atomic E-state index is 0.0690. The average Bonchev–Trinajstić information content (AvgIpc) is 2.52. The molecule has 8 nitrogen and oxygen atoms in total. The SMILES string of the molecule is COCCNC(=O)CNS(=O)(=O)c1ccc(OC)cc1OC. The third-order valence-electron chi connectivity index (χ3n) is 2.71. The number of carbonyl (C=O) groups is 1. The van der Waals surface area contributed by atoms with Crippen molar-refractivity contribution < 1.29 is 27.4 Å². The van der Waals surface area contributed by atoms with E-state index in [1.54, 1.807) is 0 Å². The van der Waals surface area contributed by atoms with Crippen molar-refractivity contribution in [3.63, 3.8) is 0 Å². The number of benzene rings is 1. The van der Waals surface area contributed by atoms with E-state index in [2.05, 4.69) is 10.0 Å². The molecule has 0 aliphatic heterocycles. The van der Waals surface area contributed by atoms with Gasteiger partial charge in [0.05, 0.1) is 27.4 Å². The van der Waals surface area contributed by atoms with Crippen LogP contribution in [0.3, 0.4) is 0 Å². The molecule has 0 saturated heterocycles. The summed E-state index contributed by atoms with van der Waals surface area (Å²) in [5, 5.41) is 2.51. The van der Waals surface area contributed by atoms with Crippen molar-refractivity contribution in [1.82, 2.24) is 10.0 Å². The number of nitrogens with one attached hydrogen (secondary N) is 2. The summed E-state index contributed by atoms with van der Waals surface area (Å²) in [4.78, 5) is 11.4. The van der Waals surface area contributed by atoms with E-state index in [9.17, 15) is 13.2 Å². The highest BCUT2D eigenvalue weighted by molar-refractivity contribution is 7.89. The van der Waals surface area contributed by atoms with Crippen LogP contribution >= 0.6 is 0 Å². The summed E-state index contributed by atoms with van der Waals surface area (Å²) in [6.07, 6.45) is 0. The van der Waals surface area contributed by atoms with Crippen molar-refractivity contribution in [2.75, 3.05) is 41.0 Å². The van der Waals surface area contributed by atoms with Crippen LogP contribution in [0.2, 0.25) is 0 Å². The Morgan fingerprint density at radius 1 is 1.18 bits per heavy atom. The summed E-state index contributed by atoms with van der Waals surface area (Å²) < 4.78 is 41.5. The molecule has 0 aliphatic rings. The summed E-state index contributed by atoms with van der Waals surface area (Å²) >= 11 is 0. The van der Waals surface area contributed by atoms with Crippen molar-refractivity contribution in [2.24, 2.45) is 0 Å². The Balaban J connectivity index is 2.76. The lowest BCUT2D eigenvalue weighted by atomic mass is 10.3. The first-order valence-electron chi connectivity index (χ1n) is 6.42. The maximum Gasteiger partial charge on any atom is 0.244 e. The van der Waals surface area contributed by atoms with Crippen LogP contribution in [-0.2, 0) is 19.6 Å². The summed E-state index contributed by atoms with van der Waals surface area (Å²) in [7, 11) is 0.445. The molecule has 0 aromatic heterocycles. The summed E-state index contributed by atoms with van der Waals surface area (Å²) in [5.41, 5.74) is 0. The van der Waals surface area contributed by atoms with E-state index in [1.165, 1.54) is 39.5 Å². The second kappa shape index (κ2) is 8.57. The lowest BCUT2D eigenvalue weighted by Crippen LogP contribution is -2.38. The first kappa shape index (κ1) is 18.2. The first-order valence-corrected chi connectivity index (χ1v) is 7.90. The zero-order chi connectivity index (χ0) is 16.6. The van der Waals surface area contributed by atoms with E-state index in [-0.39, 0.29) is 17.2 Å². The second-order valence-corrected chi connectivity index (χ2v) is 5.92. The standard InChI is InChI=1S/C13H20N2O6S/c1-19-7-6-14-13(16)9-15-22(17,18)12-5-4-10(20-2)8-11(12)21-3/h4-5,8,15H,6-7,9H2,1-3H3,(H,14,16). The van der Waals surface area contributed by atoms with Gasteiger partial charge in [0.2, 0.25) is 15.9 Å². The smallest absolute Gasteiger partial charge is 0.244 e. The van der Waals surface area contributed by atoms with Crippen LogP contribution in [0, 0.1) is 0 Å². The predicted molar refractivity (Wildman–Crippen MR) is 79.6 cm³/mol. The highest BCUT2D eigenvalue weighted by atomic mass is 32.2. The van der Waals surface area contributed by atoms with Crippen LogP contribution in [-0.4, -0.2) is 55.4 Å². The van der Waals surface area contributed by atoms with Crippen molar-refractivity contribution in [1.29, 1.82) is 0 Å². The first-order chi connectivity index (χ1) is 10.4. The van der Waals surface area contributed by atoms with Crippen LogP contribution in [0.25, 0.3) is 0 Å². The molecule has 0 spiro atoms.